The molecule has 1 aromatic heterocycles. The maximum atomic E-state index is 11.9. The highest BCUT2D eigenvalue weighted by molar-refractivity contribution is 8.15. The zero-order valence-corrected chi connectivity index (χ0v) is 11.3. The summed E-state index contributed by atoms with van der Waals surface area (Å²) in [5.41, 5.74) is 0.800. The summed E-state index contributed by atoms with van der Waals surface area (Å²) in [5.74, 6) is 1.01. The van der Waals surface area contributed by atoms with Crippen LogP contribution in [0.2, 0.25) is 0 Å². The molecule has 6 heteroatoms. The van der Waals surface area contributed by atoms with Gasteiger partial charge >= 0.3 is 0 Å². The van der Waals surface area contributed by atoms with Crippen LogP contribution in [0.15, 0.2) is 63.3 Å². The lowest BCUT2D eigenvalue weighted by Gasteiger charge is -2.14. The van der Waals surface area contributed by atoms with Gasteiger partial charge in [-0.05, 0) is 24.3 Å². The number of nitrogens with zero attached hydrogens (tertiary/aromatic N) is 3. The number of benzene rings is 1. The number of carbonyl (C=O) groups is 1. The number of anilines is 1. The van der Waals surface area contributed by atoms with Crippen molar-refractivity contribution in [1.29, 1.82) is 0 Å². The number of furan rings is 1. The molecule has 2 aromatic rings. The molecule has 0 atom stereocenters. The van der Waals surface area contributed by atoms with E-state index in [-0.39, 0.29) is 5.91 Å². The standard InChI is InChI=1S/C14H11N3O2S/c18-13-10-20-14(16-15-9-12-7-4-8-19-12)17(13)11-5-2-1-3-6-11/h1-9H,10H2/b15-9+,16-14?. The monoisotopic (exact) mass is 285 g/mol. The maximum Gasteiger partial charge on any atom is 0.243 e. The van der Waals surface area contributed by atoms with Gasteiger partial charge in [0.2, 0.25) is 5.91 Å². The van der Waals surface area contributed by atoms with E-state index in [2.05, 4.69) is 10.2 Å². The lowest BCUT2D eigenvalue weighted by Crippen LogP contribution is -2.28. The highest BCUT2D eigenvalue weighted by Gasteiger charge is 2.29. The van der Waals surface area contributed by atoms with E-state index in [0.717, 1.165) is 5.69 Å². The van der Waals surface area contributed by atoms with Gasteiger partial charge in [0.15, 0.2) is 5.17 Å². The summed E-state index contributed by atoms with van der Waals surface area (Å²) < 4.78 is 5.12. The third-order valence-corrected chi connectivity index (χ3v) is 3.56. The van der Waals surface area contributed by atoms with Crippen LogP contribution in [0.5, 0.6) is 0 Å². The Balaban J connectivity index is 1.83. The molecule has 0 aliphatic carbocycles. The number of amidine groups is 1. The Morgan fingerprint density at radius 2 is 2.05 bits per heavy atom. The van der Waals surface area contributed by atoms with Gasteiger partial charge in [0.05, 0.1) is 23.9 Å². The molecule has 0 radical (unpaired) electrons. The molecule has 20 heavy (non-hydrogen) atoms. The molecule has 100 valence electrons. The van der Waals surface area contributed by atoms with Gasteiger partial charge in [-0.2, -0.15) is 5.10 Å². The maximum absolute atomic E-state index is 11.9. The Kier molecular flexibility index (Phi) is 3.64. The summed E-state index contributed by atoms with van der Waals surface area (Å²) in [6.07, 6.45) is 3.08. The minimum absolute atomic E-state index is 0.00755. The molecule has 0 bridgehead atoms. The highest BCUT2D eigenvalue weighted by atomic mass is 32.2. The number of amides is 1. The van der Waals surface area contributed by atoms with Crippen LogP contribution in [-0.2, 0) is 4.79 Å². The lowest BCUT2D eigenvalue weighted by molar-refractivity contribution is -0.115. The number of hydrogen-bond donors (Lipinski definition) is 0. The quantitative estimate of drug-likeness (QED) is 0.643. The molecular formula is C14H11N3O2S. The number of para-hydroxylation sites is 1. The van der Waals surface area contributed by atoms with E-state index in [0.29, 0.717) is 16.7 Å². The van der Waals surface area contributed by atoms with Crippen molar-refractivity contribution in [3.63, 3.8) is 0 Å². The second-order valence-corrected chi connectivity index (χ2v) is 4.94. The van der Waals surface area contributed by atoms with E-state index in [9.17, 15) is 4.79 Å². The van der Waals surface area contributed by atoms with Crippen molar-refractivity contribution in [1.82, 2.24) is 0 Å². The summed E-state index contributed by atoms with van der Waals surface area (Å²) >= 11 is 1.37. The summed E-state index contributed by atoms with van der Waals surface area (Å²) in [6.45, 7) is 0. The number of hydrogen-bond acceptors (Lipinski definition) is 5. The first kappa shape index (κ1) is 12.7. The fourth-order valence-electron chi connectivity index (χ4n) is 1.77. The Morgan fingerprint density at radius 3 is 2.80 bits per heavy atom. The van der Waals surface area contributed by atoms with Crippen molar-refractivity contribution < 1.29 is 9.21 Å². The van der Waals surface area contributed by atoms with Crippen LogP contribution < -0.4 is 4.90 Å². The van der Waals surface area contributed by atoms with Crippen molar-refractivity contribution in [3.05, 3.63) is 54.5 Å². The van der Waals surface area contributed by atoms with Crippen LogP contribution in [-0.4, -0.2) is 23.0 Å². The Morgan fingerprint density at radius 1 is 1.20 bits per heavy atom. The Labute approximate surface area is 120 Å². The van der Waals surface area contributed by atoms with E-state index in [1.165, 1.54) is 18.0 Å². The summed E-state index contributed by atoms with van der Waals surface area (Å²) in [4.78, 5) is 13.5. The van der Waals surface area contributed by atoms with Crippen molar-refractivity contribution in [2.24, 2.45) is 10.2 Å². The third-order valence-electron chi connectivity index (χ3n) is 2.65. The molecule has 1 amide bonds. The van der Waals surface area contributed by atoms with Crippen LogP contribution in [0.4, 0.5) is 5.69 Å². The molecule has 0 spiro atoms. The van der Waals surface area contributed by atoms with Crippen molar-refractivity contribution in [2.75, 3.05) is 10.7 Å². The minimum atomic E-state index is 0.00755. The average Bonchev–Trinajstić information content (AvgIpc) is 3.10. The average molecular weight is 285 g/mol. The second-order valence-electron chi connectivity index (χ2n) is 4.00. The molecule has 2 heterocycles. The minimum Gasteiger partial charge on any atom is -0.463 e. The molecule has 1 saturated heterocycles. The van der Waals surface area contributed by atoms with Crippen molar-refractivity contribution in [2.45, 2.75) is 0 Å². The predicted octanol–water partition coefficient (Wildman–Crippen LogP) is 2.75. The van der Waals surface area contributed by atoms with Gasteiger partial charge in [-0.15, -0.1) is 5.10 Å². The summed E-state index contributed by atoms with van der Waals surface area (Å²) in [5, 5.41) is 8.63. The fraction of sp³-hybridized carbons (Fsp3) is 0.0714. The van der Waals surface area contributed by atoms with Gasteiger partial charge in [-0.1, -0.05) is 30.0 Å². The fourth-order valence-corrected chi connectivity index (χ4v) is 2.59. The first-order valence-corrected chi connectivity index (χ1v) is 6.98. The molecule has 5 nitrogen and oxygen atoms in total. The molecule has 3 rings (SSSR count). The van der Waals surface area contributed by atoms with Crippen LogP contribution in [0.25, 0.3) is 0 Å². The van der Waals surface area contributed by atoms with Crippen molar-refractivity contribution in [3.8, 4) is 0 Å². The van der Waals surface area contributed by atoms with Crippen LogP contribution in [0, 0.1) is 0 Å². The number of carbonyl (C=O) groups excluding carboxylic acids is 1. The second kappa shape index (κ2) is 5.75. The molecule has 1 aromatic carbocycles. The lowest BCUT2D eigenvalue weighted by atomic mass is 10.3. The first-order valence-electron chi connectivity index (χ1n) is 6.00. The van der Waals surface area contributed by atoms with Crippen LogP contribution >= 0.6 is 11.8 Å². The largest absolute Gasteiger partial charge is 0.463 e. The van der Waals surface area contributed by atoms with E-state index in [1.807, 2.05) is 30.3 Å². The zero-order valence-electron chi connectivity index (χ0n) is 10.5. The van der Waals surface area contributed by atoms with E-state index in [1.54, 1.807) is 23.3 Å². The van der Waals surface area contributed by atoms with E-state index >= 15 is 0 Å². The van der Waals surface area contributed by atoms with Gasteiger partial charge in [0.1, 0.15) is 5.76 Å². The van der Waals surface area contributed by atoms with Crippen LogP contribution in [0.3, 0.4) is 0 Å². The summed E-state index contributed by atoms with van der Waals surface area (Å²) in [6, 6.07) is 13.0. The van der Waals surface area contributed by atoms with Gasteiger partial charge < -0.3 is 4.42 Å². The van der Waals surface area contributed by atoms with Crippen LogP contribution in [0.1, 0.15) is 5.76 Å². The summed E-state index contributed by atoms with van der Waals surface area (Å²) in [7, 11) is 0. The molecular weight excluding hydrogens is 274 g/mol. The van der Waals surface area contributed by atoms with Gasteiger partial charge in [0.25, 0.3) is 0 Å². The molecule has 1 aliphatic rings. The first-order chi connectivity index (χ1) is 9.84. The SMILES string of the molecule is O=C1CSC(=N/N=C/c2ccco2)N1c1ccccc1. The third kappa shape index (κ3) is 2.65. The zero-order chi connectivity index (χ0) is 13.8. The molecule has 0 N–H and O–H groups in total. The number of thioether (sulfide) groups is 1. The van der Waals surface area contributed by atoms with E-state index < -0.39 is 0 Å². The van der Waals surface area contributed by atoms with Gasteiger partial charge in [-0.3, -0.25) is 9.69 Å². The molecule has 1 fully saturated rings. The predicted molar refractivity (Wildman–Crippen MR) is 80.1 cm³/mol. The normalized spacial score (nSPS) is 17.5. The van der Waals surface area contributed by atoms with Gasteiger partial charge in [0, 0.05) is 0 Å². The molecule has 1 aliphatic heterocycles. The smallest absolute Gasteiger partial charge is 0.243 e. The Hall–Kier alpha value is -2.34. The molecule has 0 saturated carbocycles. The van der Waals surface area contributed by atoms with E-state index in [4.69, 9.17) is 4.42 Å². The number of rotatable bonds is 3. The Bertz CT molecular complexity index is 650. The topological polar surface area (TPSA) is 58.2 Å². The highest BCUT2D eigenvalue weighted by Crippen LogP contribution is 2.26. The van der Waals surface area contributed by atoms with Gasteiger partial charge in [-0.25, -0.2) is 0 Å². The molecule has 0 unspecified atom stereocenters. The van der Waals surface area contributed by atoms with Crippen molar-refractivity contribution >= 4 is 34.7 Å².